The first-order chi connectivity index (χ1) is 14.7. The van der Waals surface area contributed by atoms with Gasteiger partial charge in [0.1, 0.15) is 6.54 Å². The molecular formula is C21H24F3N5O2. The maximum Gasteiger partial charge on any atom is 0.405 e. The Labute approximate surface area is 177 Å². The van der Waals surface area contributed by atoms with E-state index in [1.54, 1.807) is 0 Å². The van der Waals surface area contributed by atoms with E-state index in [0.717, 1.165) is 18.8 Å². The number of nitrogens with one attached hydrogen (secondary N) is 3. The first-order valence-corrected chi connectivity index (χ1v) is 9.61. The minimum atomic E-state index is -4.41. The molecule has 31 heavy (non-hydrogen) atoms. The number of aromatic amines is 1. The SMILES string of the molecule is C=C(Nc1ccc(N2CCOCC2)cc1)c1c(/C=C(\N)NCC(F)(F)F)cc[nH]c1=O. The molecular weight excluding hydrogens is 411 g/mol. The van der Waals surface area contributed by atoms with Gasteiger partial charge < -0.3 is 31.0 Å². The Bertz CT molecular complexity index is 993. The monoisotopic (exact) mass is 435 g/mol. The second-order valence-electron chi connectivity index (χ2n) is 6.96. The molecule has 1 aliphatic heterocycles. The van der Waals surface area contributed by atoms with E-state index in [4.69, 9.17) is 10.5 Å². The van der Waals surface area contributed by atoms with Gasteiger partial charge in [-0.15, -0.1) is 0 Å². The molecule has 5 N–H and O–H groups in total. The highest BCUT2D eigenvalue weighted by Crippen LogP contribution is 2.23. The second kappa shape index (κ2) is 9.61. The summed E-state index contributed by atoms with van der Waals surface area (Å²) in [5, 5.41) is 5.15. The molecule has 0 radical (unpaired) electrons. The van der Waals surface area contributed by atoms with Crippen LogP contribution >= 0.6 is 0 Å². The summed E-state index contributed by atoms with van der Waals surface area (Å²) in [6.07, 6.45) is -1.75. The average Bonchev–Trinajstić information content (AvgIpc) is 2.73. The van der Waals surface area contributed by atoms with Crippen molar-refractivity contribution in [1.82, 2.24) is 10.3 Å². The molecule has 0 aliphatic carbocycles. The molecule has 0 bridgehead atoms. The lowest BCUT2D eigenvalue weighted by molar-refractivity contribution is -0.123. The van der Waals surface area contributed by atoms with Gasteiger partial charge in [-0.25, -0.2) is 0 Å². The lowest BCUT2D eigenvalue weighted by Gasteiger charge is -2.29. The van der Waals surface area contributed by atoms with Crippen molar-refractivity contribution >= 4 is 23.1 Å². The van der Waals surface area contributed by atoms with E-state index < -0.39 is 18.3 Å². The van der Waals surface area contributed by atoms with Gasteiger partial charge in [-0.3, -0.25) is 4.79 Å². The molecule has 1 aromatic carbocycles. The fourth-order valence-corrected chi connectivity index (χ4v) is 3.16. The van der Waals surface area contributed by atoms with Crippen LogP contribution in [-0.4, -0.2) is 44.0 Å². The smallest absolute Gasteiger partial charge is 0.386 e. The molecule has 0 atom stereocenters. The lowest BCUT2D eigenvalue weighted by atomic mass is 10.1. The molecule has 1 saturated heterocycles. The Kier molecular flexibility index (Phi) is 6.91. The zero-order valence-electron chi connectivity index (χ0n) is 16.8. The van der Waals surface area contributed by atoms with E-state index in [0.29, 0.717) is 24.5 Å². The number of morpholine rings is 1. The summed E-state index contributed by atoms with van der Waals surface area (Å²) in [4.78, 5) is 17.1. The number of nitrogens with two attached hydrogens (primary N) is 1. The van der Waals surface area contributed by atoms with Gasteiger partial charge in [0.2, 0.25) is 0 Å². The zero-order chi connectivity index (χ0) is 22.4. The largest absolute Gasteiger partial charge is 0.405 e. The molecule has 2 heterocycles. The van der Waals surface area contributed by atoms with Gasteiger partial charge in [0.15, 0.2) is 0 Å². The summed E-state index contributed by atoms with van der Waals surface area (Å²) < 4.78 is 42.5. The predicted octanol–water partition coefficient (Wildman–Crippen LogP) is 2.70. The summed E-state index contributed by atoms with van der Waals surface area (Å²) in [6, 6.07) is 9.17. The van der Waals surface area contributed by atoms with Crippen LogP contribution in [0.4, 0.5) is 24.5 Å². The number of anilines is 2. The molecule has 0 spiro atoms. The summed E-state index contributed by atoms with van der Waals surface area (Å²) in [5.74, 6) is -0.216. The molecule has 0 amide bonds. The minimum absolute atomic E-state index is 0.177. The van der Waals surface area contributed by atoms with Crippen LogP contribution in [0.25, 0.3) is 11.8 Å². The van der Waals surface area contributed by atoms with Crippen molar-refractivity contribution in [2.24, 2.45) is 5.73 Å². The van der Waals surface area contributed by atoms with Gasteiger partial charge in [0.05, 0.1) is 24.6 Å². The van der Waals surface area contributed by atoms with E-state index in [1.807, 2.05) is 24.3 Å². The van der Waals surface area contributed by atoms with Crippen LogP contribution in [0.2, 0.25) is 0 Å². The number of H-pyrrole nitrogens is 1. The standard InChI is InChI=1S/C21H24F3N5O2/c1-14(28-16-2-4-17(5-3-16)29-8-10-31-11-9-29)19-15(6-7-26-20(19)30)12-18(25)27-13-21(22,23)24/h2-7,12,27-28H,1,8-11,13,25H2,(H,26,30)/b18-12+. The molecule has 10 heteroatoms. The van der Waals surface area contributed by atoms with Crippen molar-refractivity contribution in [3.8, 4) is 0 Å². The Balaban J connectivity index is 1.75. The van der Waals surface area contributed by atoms with Gasteiger partial charge in [0, 0.05) is 36.4 Å². The third-order valence-electron chi connectivity index (χ3n) is 4.64. The van der Waals surface area contributed by atoms with Crippen LogP contribution in [0.1, 0.15) is 11.1 Å². The highest BCUT2D eigenvalue weighted by Gasteiger charge is 2.26. The number of alkyl halides is 3. The van der Waals surface area contributed by atoms with E-state index in [1.165, 1.54) is 18.3 Å². The summed E-state index contributed by atoms with van der Waals surface area (Å²) in [6.45, 7) is 5.65. The number of nitrogens with zero attached hydrogens (tertiary/aromatic N) is 1. The van der Waals surface area contributed by atoms with Gasteiger partial charge in [-0.05, 0) is 42.0 Å². The van der Waals surface area contributed by atoms with Crippen molar-refractivity contribution in [2.75, 3.05) is 43.1 Å². The van der Waals surface area contributed by atoms with Crippen LogP contribution in [0, 0.1) is 0 Å². The van der Waals surface area contributed by atoms with Crippen LogP contribution in [0.15, 0.2) is 53.7 Å². The molecule has 3 rings (SSSR count). The van der Waals surface area contributed by atoms with Crippen molar-refractivity contribution in [3.05, 3.63) is 70.4 Å². The molecule has 166 valence electrons. The summed E-state index contributed by atoms with van der Waals surface area (Å²) >= 11 is 0. The molecule has 1 aliphatic rings. The van der Waals surface area contributed by atoms with Crippen LogP contribution < -0.4 is 26.8 Å². The number of pyridine rings is 1. The molecule has 0 unspecified atom stereocenters. The maximum absolute atomic E-state index is 12.4. The number of ether oxygens (including phenoxy) is 1. The minimum Gasteiger partial charge on any atom is -0.386 e. The van der Waals surface area contributed by atoms with Crippen molar-refractivity contribution < 1.29 is 17.9 Å². The van der Waals surface area contributed by atoms with Crippen LogP contribution in [-0.2, 0) is 4.74 Å². The number of hydrogen-bond acceptors (Lipinski definition) is 6. The summed E-state index contributed by atoms with van der Waals surface area (Å²) in [7, 11) is 0. The maximum atomic E-state index is 12.4. The Morgan fingerprint density at radius 2 is 1.90 bits per heavy atom. The quantitative estimate of drug-likeness (QED) is 0.534. The highest BCUT2D eigenvalue weighted by atomic mass is 19.4. The van der Waals surface area contributed by atoms with E-state index in [9.17, 15) is 18.0 Å². The molecule has 7 nitrogen and oxygen atoms in total. The van der Waals surface area contributed by atoms with Crippen molar-refractivity contribution in [3.63, 3.8) is 0 Å². The topological polar surface area (TPSA) is 95.4 Å². The van der Waals surface area contributed by atoms with Gasteiger partial charge in [0.25, 0.3) is 5.56 Å². The van der Waals surface area contributed by atoms with Crippen LogP contribution in [0.5, 0.6) is 0 Å². The fraction of sp³-hybridized carbons (Fsp3) is 0.286. The third kappa shape index (κ3) is 6.29. The fourth-order valence-electron chi connectivity index (χ4n) is 3.16. The van der Waals surface area contributed by atoms with E-state index in [2.05, 4.69) is 27.1 Å². The van der Waals surface area contributed by atoms with Crippen molar-refractivity contribution in [1.29, 1.82) is 0 Å². The lowest BCUT2D eigenvalue weighted by Crippen LogP contribution is -2.36. The zero-order valence-corrected chi connectivity index (χ0v) is 16.8. The first kappa shape index (κ1) is 22.3. The highest BCUT2D eigenvalue weighted by molar-refractivity contribution is 5.80. The molecule has 1 aromatic heterocycles. The Hall–Kier alpha value is -3.40. The first-order valence-electron chi connectivity index (χ1n) is 9.61. The normalized spacial score (nSPS) is 14.9. The summed E-state index contributed by atoms with van der Waals surface area (Å²) in [5.41, 5.74) is 7.77. The van der Waals surface area contributed by atoms with Gasteiger partial charge in [-0.1, -0.05) is 6.58 Å². The number of aromatic nitrogens is 1. The molecule has 2 aromatic rings. The van der Waals surface area contributed by atoms with Crippen LogP contribution in [0.3, 0.4) is 0 Å². The second-order valence-corrected chi connectivity index (χ2v) is 6.96. The third-order valence-corrected chi connectivity index (χ3v) is 4.64. The molecule has 1 fully saturated rings. The Morgan fingerprint density at radius 1 is 1.23 bits per heavy atom. The van der Waals surface area contributed by atoms with Crippen molar-refractivity contribution in [2.45, 2.75) is 6.18 Å². The average molecular weight is 435 g/mol. The number of rotatable bonds is 7. The molecule has 0 saturated carbocycles. The van der Waals surface area contributed by atoms with E-state index >= 15 is 0 Å². The van der Waals surface area contributed by atoms with Gasteiger partial charge in [-0.2, -0.15) is 13.2 Å². The Morgan fingerprint density at radius 3 is 2.55 bits per heavy atom. The number of halogens is 3. The number of hydrogen-bond donors (Lipinski definition) is 4. The van der Waals surface area contributed by atoms with Gasteiger partial charge >= 0.3 is 6.18 Å². The number of benzene rings is 1. The predicted molar refractivity (Wildman–Crippen MR) is 115 cm³/mol. The van der Waals surface area contributed by atoms with E-state index in [-0.39, 0.29) is 17.1 Å².